The average Bonchev–Trinajstić information content (AvgIpc) is 2.92. The lowest BCUT2D eigenvalue weighted by Gasteiger charge is -2.06. The van der Waals surface area contributed by atoms with Crippen LogP contribution in [0.3, 0.4) is 0 Å². The van der Waals surface area contributed by atoms with Gasteiger partial charge < -0.3 is 9.73 Å². The third-order valence-electron chi connectivity index (χ3n) is 3.17. The number of nitrogens with one attached hydrogen (secondary N) is 1. The molecule has 1 N–H and O–H groups in total. The zero-order valence-corrected chi connectivity index (χ0v) is 13.2. The van der Waals surface area contributed by atoms with Crippen LogP contribution in [0.2, 0.25) is 0 Å². The zero-order valence-electron chi connectivity index (χ0n) is 11.7. The number of hydrogen-bond acceptors (Lipinski definition) is 3. The first-order valence-electron chi connectivity index (χ1n) is 6.59. The minimum Gasteiger partial charge on any atom is -0.467 e. The molecule has 0 unspecified atom stereocenters. The first kappa shape index (κ1) is 14.3. The lowest BCUT2D eigenvalue weighted by molar-refractivity contribution is 0.468. The maximum absolute atomic E-state index is 5.59. The summed E-state index contributed by atoms with van der Waals surface area (Å²) >= 11 is 3.55. The Morgan fingerprint density at radius 1 is 1.42 bits per heavy atom. The van der Waals surface area contributed by atoms with Crippen LogP contribution in [-0.2, 0) is 13.1 Å². The Hall–Kier alpha value is -1.07. The van der Waals surface area contributed by atoms with E-state index >= 15 is 0 Å². The van der Waals surface area contributed by atoms with Crippen molar-refractivity contribution in [3.05, 3.63) is 39.5 Å². The molecule has 0 atom stereocenters. The number of nitrogens with zero attached hydrogens (tertiary/aromatic N) is 2. The van der Waals surface area contributed by atoms with Gasteiger partial charge in [-0.25, -0.2) is 0 Å². The van der Waals surface area contributed by atoms with Gasteiger partial charge in [-0.2, -0.15) is 5.10 Å². The molecule has 104 valence electrons. The van der Waals surface area contributed by atoms with Crippen LogP contribution in [0, 0.1) is 13.8 Å². The summed E-state index contributed by atoms with van der Waals surface area (Å²) in [6.07, 6.45) is 2.89. The minimum absolute atomic E-state index is 0.675. The molecule has 4 nitrogen and oxygen atoms in total. The van der Waals surface area contributed by atoms with Gasteiger partial charge in [-0.3, -0.25) is 4.68 Å². The van der Waals surface area contributed by atoms with Gasteiger partial charge in [0.05, 0.1) is 28.7 Å². The summed E-state index contributed by atoms with van der Waals surface area (Å²) in [6.45, 7) is 8.77. The van der Waals surface area contributed by atoms with Gasteiger partial charge in [0.25, 0.3) is 0 Å². The van der Waals surface area contributed by atoms with Crippen LogP contribution < -0.4 is 5.32 Å². The molecule has 0 amide bonds. The molecule has 0 radical (unpaired) electrons. The van der Waals surface area contributed by atoms with E-state index in [-0.39, 0.29) is 0 Å². The SMILES string of the molecule is CCCNCc1ccoc1Cn1nc(C)c(Br)c1C. The third-order valence-corrected chi connectivity index (χ3v) is 4.31. The van der Waals surface area contributed by atoms with Crippen molar-refractivity contribution in [1.82, 2.24) is 15.1 Å². The van der Waals surface area contributed by atoms with Crippen LogP contribution in [0.1, 0.15) is 36.1 Å². The van der Waals surface area contributed by atoms with Crippen LogP contribution in [-0.4, -0.2) is 16.3 Å². The van der Waals surface area contributed by atoms with Crippen molar-refractivity contribution in [2.24, 2.45) is 0 Å². The van der Waals surface area contributed by atoms with E-state index in [1.54, 1.807) is 6.26 Å². The largest absolute Gasteiger partial charge is 0.467 e. The van der Waals surface area contributed by atoms with Crippen LogP contribution in [0.4, 0.5) is 0 Å². The normalized spacial score (nSPS) is 11.2. The van der Waals surface area contributed by atoms with Gasteiger partial charge in [-0.05, 0) is 48.8 Å². The van der Waals surface area contributed by atoms with Crippen molar-refractivity contribution in [2.45, 2.75) is 40.3 Å². The number of hydrogen-bond donors (Lipinski definition) is 1. The van der Waals surface area contributed by atoms with Crippen molar-refractivity contribution in [2.75, 3.05) is 6.54 Å². The summed E-state index contributed by atoms with van der Waals surface area (Å²) < 4.78 is 8.63. The molecule has 0 saturated heterocycles. The summed E-state index contributed by atoms with van der Waals surface area (Å²) in [6, 6.07) is 2.03. The van der Waals surface area contributed by atoms with Crippen LogP contribution >= 0.6 is 15.9 Å². The Morgan fingerprint density at radius 2 is 2.21 bits per heavy atom. The first-order valence-corrected chi connectivity index (χ1v) is 7.38. The zero-order chi connectivity index (χ0) is 13.8. The molecule has 0 aliphatic rings. The van der Waals surface area contributed by atoms with Crippen molar-refractivity contribution in [3.8, 4) is 0 Å². The van der Waals surface area contributed by atoms with E-state index in [2.05, 4.69) is 40.2 Å². The number of aryl methyl sites for hydroxylation is 1. The Morgan fingerprint density at radius 3 is 2.84 bits per heavy atom. The molecule has 0 aromatic carbocycles. The van der Waals surface area contributed by atoms with Gasteiger partial charge in [0.1, 0.15) is 5.76 Å². The summed E-state index contributed by atoms with van der Waals surface area (Å²) in [4.78, 5) is 0. The molecule has 2 aromatic heterocycles. The van der Waals surface area contributed by atoms with Gasteiger partial charge >= 0.3 is 0 Å². The molecule has 0 saturated carbocycles. The van der Waals surface area contributed by atoms with E-state index in [1.165, 1.54) is 5.56 Å². The highest BCUT2D eigenvalue weighted by atomic mass is 79.9. The molecule has 19 heavy (non-hydrogen) atoms. The summed E-state index contributed by atoms with van der Waals surface area (Å²) in [7, 11) is 0. The Balaban J connectivity index is 2.10. The standard InChI is InChI=1S/C14H20BrN3O/c1-4-6-16-8-12-5-7-19-13(12)9-18-11(3)14(15)10(2)17-18/h5,7,16H,4,6,8-9H2,1-3H3. The maximum atomic E-state index is 5.59. The van der Waals surface area contributed by atoms with Crippen molar-refractivity contribution in [3.63, 3.8) is 0 Å². The Labute approximate surface area is 122 Å². The van der Waals surface area contributed by atoms with Crippen molar-refractivity contribution in [1.29, 1.82) is 0 Å². The predicted octanol–water partition coefficient (Wildman–Crippen LogP) is 3.40. The second kappa shape index (κ2) is 6.39. The highest BCUT2D eigenvalue weighted by Gasteiger charge is 2.12. The Kier molecular flexibility index (Phi) is 4.82. The van der Waals surface area contributed by atoms with Crippen LogP contribution in [0.25, 0.3) is 0 Å². The molecule has 2 heterocycles. The summed E-state index contributed by atoms with van der Waals surface area (Å²) in [5, 5.41) is 7.91. The van der Waals surface area contributed by atoms with Gasteiger partial charge in [-0.1, -0.05) is 6.92 Å². The molecule has 0 bridgehead atoms. The number of halogens is 1. The van der Waals surface area contributed by atoms with Gasteiger partial charge in [0.15, 0.2) is 0 Å². The molecule has 5 heteroatoms. The van der Waals surface area contributed by atoms with Crippen molar-refractivity contribution >= 4 is 15.9 Å². The number of rotatable bonds is 6. The second-order valence-electron chi connectivity index (χ2n) is 4.69. The van der Waals surface area contributed by atoms with E-state index in [1.807, 2.05) is 17.7 Å². The molecule has 0 fully saturated rings. The van der Waals surface area contributed by atoms with Crippen LogP contribution in [0.5, 0.6) is 0 Å². The fourth-order valence-corrected chi connectivity index (χ4v) is 2.31. The predicted molar refractivity (Wildman–Crippen MR) is 79.2 cm³/mol. The lowest BCUT2D eigenvalue weighted by atomic mass is 10.2. The fourth-order valence-electron chi connectivity index (χ4n) is 2.03. The summed E-state index contributed by atoms with van der Waals surface area (Å²) in [5.41, 5.74) is 3.34. The van der Waals surface area contributed by atoms with Gasteiger partial charge in [0, 0.05) is 12.1 Å². The third kappa shape index (κ3) is 3.28. The van der Waals surface area contributed by atoms with E-state index in [9.17, 15) is 0 Å². The molecule has 2 rings (SSSR count). The molecular formula is C14H20BrN3O. The number of aromatic nitrogens is 2. The molecule has 0 spiro atoms. The van der Waals surface area contributed by atoms with E-state index < -0.39 is 0 Å². The molecule has 2 aromatic rings. The van der Waals surface area contributed by atoms with Gasteiger partial charge in [0.2, 0.25) is 0 Å². The molecular weight excluding hydrogens is 306 g/mol. The van der Waals surface area contributed by atoms with E-state index in [0.29, 0.717) is 6.54 Å². The highest BCUT2D eigenvalue weighted by Crippen LogP contribution is 2.21. The highest BCUT2D eigenvalue weighted by molar-refractivity contribution is 9.10. The van der Waals surface area contributed by atoms with Gasteiger partial charge in [-0.15, -0.1) is 0 Å². The van der Waals surface area contributed by atoms with Crippen LogP contribution in [0.15, 0.2) is 21.2 Å². The van der Waals surface area contributed by atoms with E-state index in [4.69, 9.17) is 4.42 Å². The fraction of sp³-hybridized carbons (Fsp3) is 0.500. The topological polar surface area (TPSA) is 43.0 Å². The average molecular weight is 326 g/mol. The monoisotopic (exact) mass is 325 g/mol. The lowest BCUT2D eigenvalue weighted by Crippen LogP contribution is -2.15. The first-order chi connectivity index (χ1) is 9.13. The van der Waals surface area contributed by atoms with E-state index in [0.717, 1.165) is 41.1 Å². The molecule has 0 aliphatic carbocycles. The Bertz CT molecular complexity index is 545. The smallest absolute Gasteiger partial charge is 0.129 e. The molecule has 0 aliphatic heterocycles. The number of furan rings is 1. The minimum atomic E-state index is 0.675. The summed E-state index contributed by atoms with van der Waals surface area (Å²) in [5.74, 6) is 0.974. The second-order valence-corrected chi connectivity index (χ2v) is 5.48. The quantitative estimate of drug-likeness (QED) is 0.828. The van der Waals surface area contributed by atoms with Crippen molar-refractivity contribution < 1.29 is 4.42 Å². The maximum Gasteiger partial charge on any atom is 0.129 e.